The Morgan fingerprint density at radius 2 is 1.74 bits per heavy atom. The lowest BCUT2D eigenvalue weighted by Crippen LogP contribution is -2.45. The average molecular weight is 315 g/mol. The van der Waals surface area contributed by atoms with E-state index in [1.807, 2.05) is 27.7 Å². The molecule has 1 atom stereocenters. The molecule has 0 fully saturated rings. The molecule has 23 heavy (non-hydrogen) atoms. The number of amides is 1. The maximum Gasteiger partial charge on any atom is 0.254 e. The number of nitrogens with one attached hydrogen (secondary N) is 1. The van der Waals surface area contributed by atoms with Crippen LogP contribution >= 0.6 is 0 Å². The van der Waals surface area contributed by atoms with Gasteiger partial charge in [-0.25, -0.2) is 0 Å². The fourth-order valence-electron chi connectivity index (χ4n) is 2.12. The Bertz CT molecular complexity index is 784. The van der Waals surface area contributed by atoms with E-state index in [4.69, 9.17) is 0 Å². The first-order valence-electron chi connectivity index (χ1n) is 7.45. The van der Waals surface area contributed by atoms with Crippen molar-refractivity contribution in [3.63, 3.8) is 0 Å². The van der Waals surface area contributed by atoms with E-state index in [0.717, 1.165) is 0 Å². The van der Waals surface area contributed by atoms with Crippen LogP contribution in [0.2, 0.25) is 0 Å². The van der Waals surface area contributed by atoms with Crippen molar-refractivity contribution in [1.29, 1.82) is 0 Å². The molecule has 0 aliphatic carbocycles. The molecule has 6 nitrogen and oxygen atoms in total. The lowest BCUT2D eigenvalue weighted by molar-refractivity contribution is -0.115. The van der Waals surface area contributed by atoms with Crippen LogP contribution in [0.3, 0.4) is 0 Å². The summed E-state index contributed by atoms with van der Waals surface area (Å²) >= 11 is 0. The molecular weight excluding hydrogens is 294 g/mol. The third-order valence-electron chi connectivity index (χ3n) is 4.00. The van der Waals surface area contributed by atoms with Gasteiger partial charge in [0.25, 0.3) is 10.9 Å². The molecule has 6 heteroatoms. The van der Waals surface area contributed by atoms with Crippen LogP contribution in [0.5, 0.6) is 0 Å². The zero-order valence-electron chi connectivity index (χ0n) is 14.0. The van der Waals surface area contributed by atoms with Gasteiger partial charge in [-0.3, -0.25) is 24.3 Å². The minimum absolute atomic E-state index is 0.0456. The van der Waals surface area contributed by atoms with Gasteiger partial charge in [0, 0.05) is 25.4 Å². The maximum atomic E-state index is 12.1. The second-order valence-corrected chi connectivity index (χ2v) is 6.67. The van der Waals surface area contributed by atoms with Crippen LogP contribution in [-0.2, 0) is 4.79 Å². The van der Waals surface area contributed by atoms with Crippen LogP contribution in [0, 0.1) is 5.41 Å². The number of hydrogen-bond acceptors (Lipinski definition) is 5. The number of aromatic nitrogens is 1. The highest BCUT2D eigenvalue weighted by Gasteiger charge is 2.32. The summed E-state index contributed by atoms with van der Waals surface area (Å²) in [6.45, 7) is 9.38. The predicted molar refractivity (Wildman–Crippen MR) is 91.0 cm³/mol. The van der Waals surface area contributed by atoms with Crippen molar-refractivity contribution in [3.8, 4) is 0 Å². The van der Waals surface area contributed by atoms with E-state index in [1.165, 1.54) is 24.2 Å². The number of hydrogen-bond donors (Lipinski definition) is 1. The topological polar surface area (TPSA) is 79.4 Å². The van der Waals surface area contributed by atoms with E-state index in [0.29, 0.717) is 5.69 Å². The minimum atomic E-state index is -0.652. The SMILES string of the molecule is CC(=O)N(c1ccncc1)c1c(N[C@H](C)C(C)(C)C)c(=O)c1=O. The summed E-state index contributed by atoms with van der Waals surface area (Å²) in [6, 6.07) is 3.20. The molecular formula is C17H21N3O3. The summed E-state index contributed by atoms with van der Waals surface area (Å²) in [6.07, 6.45) is 3.06. The highest BCUT2D eigenvalue weighted by molar-refractivity contribution is 6.03. The molecule has 1 amide bonds. The summed E-state index contributed by atoms with van der Waals surface area (Å²) in [5.41, 5.74) is -0.535. The molecule has 1 aromatic heterocycles. The molecule has 0 radical (unpaired) electrons. The van der Waals surface area contributed by atoms with Gasteiger partial charge in [-0.05, 0) is 24.5 Å². The van der Waals surface area contributed by atoms with Gasteiger partial charge in [-0.1, -0.05) is 20.8 Å². The van der Waals surface area contributed by atoms with Crippen molar-refractivity contribution in [3.05, 3.63) is 45.0 Å². The molecule has 0 unspecified atom stereocenters. The van der Waals surface area contributed by atoms with Gasteiger partial charge >= 0.3 is 0 Å². The van der Waals surface area contributed by atoms with E-state index in [-0.39, 0.29) is 28.7 Å². The van der Waals surface area contributed by atoms with E-state index < -0.39 is 10.9 Å². The van der Waals surface area contributed by atoms with E-state index in [1.54, 1.807) is 12.1 Å². The van der Waals surface area contributed by atoms with Gasteiger partial charge in [-0.15, -0.1) is 0 Å². The highest BCUT2D eigenvalue weighted by atomic mass is 16.2. The average Bonchev–Trinajstić information content (AvgIpc) is 2.49. The Kier molecular flexibility index (Phi) is 4.36. The normalized spacial score (nSPS) is 12.9. The zero-order chi connectivity index (χ0) is 17.4. The summed E-state index contributed by atoms with van der Waals surface area (Å²) in [7, 11) is 0. The van der Waals surface area contributed by atoms with Crippen molar-refractivity contribution in [2.75, 3.05) is 10.2 Å². The van der Waals surface area contributed by atoms with Crippen LogP contribution in [0.4, 0.5) is 17.1 Å². The van der Waals surface area contributed by atoms with Gasteiger partial charge in [0.1, 0.15) is 11.4 Å². The second kappa shape index (κ2) is 5.95. The Morgan fingerprint density at radius 1 is 1.17 bits per heavy atom. The van der Waals surface area contributed by atoms with Gasteiger partial charge in [0.15, 0.2) is 0 Å². The fraction of sp³-hybridized carbons (Fsp3) is 0.412. The molecule has 0 spiro atoms. The Hall–Kier alpha value is -2.50. The van der Waals surface area contributed by atoms with Crippen molar-refractivity contribution in [2.24, 2.45) is 5.41 Å². The van der Waals surface area contributed by atoms with Crippen LogP contribution in [0.25, 0.3) is 0 Å². The highest BCUT2D eigenvalue weighted by Crippen LogP contribution is 2.31. The third kappa shape index (κ3) is 3.16. The molecule has 1 aromatic carbocycles. The van der Waals surface area contributed by atoms with Gasteiger partial charge < -0.3 is 5.32 Å². The van der Waals surface area contributed by atoms with Crippen molar-refractivity contribution in [1.82, 2.24) is 4.98 Å². The molecule has 2 aromatic rings. The number of carbonyl (C=O) groups is 1. The molecule has 1 heterocycles. The Morgan fingerprint density at radius 3 is 2.22 bits per heavy atom. The van der Waals surface area contributed by atoms with E-state index in [9.17, 15) is 14.4 Å². The first-order valence-corrected chi connectivity index (χ1v) is 7.45. The summed E-state index contributed by atoms with van der Waals surface area (Å²) in [5.74, 6) is -0.338. The van der Waals surface area contributed by atoms with E-state index in [2.05, 4.69) is 10.3 Å². The number of pyridine rings is 1. The van der Waals surface area contributed by atoms with Crippen LogP contribution in [-0.4, -0.2) is 16.9 Å². The van der Waals surface area contributed by atoms with Crippen molar-refractivity contribution in [2.45, 2.75) is 40.7 Å². The third-order valence-corrected chi connectivity index (χ3v) is 4.00. The molecule has 0 saturated heterocycles. The largest absolute Gasteiger partial charge is 0.377 e. The van der Waals surface area contributed by atoms with Crippen molar-refractivity contribution >= 4 is 23.0 Å². The maximum absolute atomic E-state index is 12.1. The fourth-order valence-corrected chi connectivity index (χ4v) is 2.12. The summed E-state index contributed by atoms with van der Waals surface area (Å²) < 4.78 is 0. The number of rotatable bonds is 4. The molecule has 0 aliphatic heterocycles. The quantitative estimate of drug-likeness (QED) is 0.875. The number of anilines is 3. The minimum Gasteiger partial charge on any atom is -0.377 e. The molecule has 0 bridgehead atoms. The van der Waals surface area contributed by atoms with Crippen LogP contribution in [0.15, 0.2) is 34.1 Å². The molecule has 122 valence electrons. The van der Waals surface area contributed by atoms with Crippen molar-refractivity contribution < 1.29 is 4.79 Å². The van der Waals surface area contributed by atoms with E-state index >= 15 is 0 Å². The van der Waals surface area contributed by atoms with Gasteiger partial charge in [0.05, 0.1) is 5.69 Å². The number of nitrogens with zero attached hydrogens (tertiary/aromatic N) is 2. The second-order valence-electron chi connectivity index (χ2n) is 6.67. The first-order chi connectivity index (χ1) is 10.6. The summed E-state index contributed by atoms with van der Waals surface area (Å²) in [5, 5.41) is 3.09. The molecule has 2 rings (SSSR count). The van der Waals surface area contributed by atoms with Gasteiger partial charge in [0.2, 0.25) is 5.91 Å². The Labute approximate surface area is 134 Å². The molecule has 0 aliphatic rings. The lowest BCUT2D eigenvalue weighted by atomic mass is 9.87. The standard InChI is InChI=1S/C17H21N3O3/c1-10(17(3,4)5)19-13-14(16(23)15(13)22)20(11(2)21)12-6-8-18-9-7-12/h6-10,19H,1-5H3/t10-/m1/s1. The summed E-state index contributed by atoms with van der Waals surface area (Å²) in [4.78, 5) is 41.2. The zero-order valence-corrected chi connectivity index (χ0v) is 14.0. The monoisotopic (exact) mass is 315 g/mol. The van der Waals surface area contributed by atoms with Crippen LogP contribution in [0.1, 0.15) is 34.6 Å². The predicted octanol–water partition coefficient (Wildman–Crippen LogP) is 2.21. The first kappa shape index (κ1) is 16.9. The Balaban J connectivity index is 2.47. The smallest absolute Gasteiger partial charge is 0.254 e. The lowest BCUT2D eigenvalue weighted by Gasteiger charge is -2.32. The van der Waals surface area contributed by atoms with Crippen LogP contribution < -0.4 is 21.1 Å². The van der Waals surface area contributed by atoms with Gasteiger partial charge in [-0.2, -0.15) is 0 Å². The molecule has 0 saturated carbocycles. The number of carbonyl (C=O) groups excluding carboxylic acids is 1. The molecule has 1 N–H and O–H groups in total.